The van der Waals surface area contributed by atoms with Gasteiger partial charge in [0.15, 0.2) is 5.78 Å². The third-order valence-electron chi connectivity index (χ3n) is 4.82. The summed E-state index contributed by atoms with van der Waals surface area (Å²) in [5.41, 5.74) is 3.07. The second kappa shape index (κ2) is 7.62. The van der Waals surface area contributed by atoms with Gasteiger partial charge >= 0.3 is 0 Å². The van der Waals surface area contributed by atoms with Crippen LogP contribution in [-0.2, 0) is 6.54 Å². The molecule has 1 atom stereocenters. The lowest BCUT2D eigenvalue weighted by atomic mass is 10.1. The van der Waals surface area contributed by atoms with Crippen LogP contribution in [0, 0.1) is 0 Å². The molecule has 0 saturated carbocycles. The smallest absolute Gasteiger partial charge is 0.255 e. The third kappa shape index (κ3) is 4.34. The van der Waals surface area contributed by atoms with Crippen LogP contribution in [-0.4, -0.2) is 29.2 Å². The van der Waals surface area contributed by atoms with Crippen molar-refractivity contribution in [2.45, 2.75) is 39.3 Å². The third-order valence-corrected chi connectivity index (χ3v) is 4.82. The maximum atomic E-state index is 12.4. The molecule has 0 aliphatic carbocycles. The molecular weight excluding hydrogens is 312 g/mol. The molecule has 2 aromatic carbocycles. The molecule has 1 saturated heterocycles. The van der Waals surface area contributed by atoms with Crippen LogP contribution in [0.25, 0.3) is 0 Å². The number of Topliss-reactive ketones (excluding diaryl/α,β-unsaturated/α-hetero) is 1. The lowest BCUT2D eigenvalue weighted by Gasteiger charge is -2.20. The molecule has 0 bridgehead atoms. The fourth-order valence-electron chi connectivity index (χ4n) is 3.24. The Labute approximate surface area is 148 Å². The number of carbonyl (C=O) groups is 2. The Kier molecular flexibility index (Phi) is 5.29. The van der Waals surface area contributed by atoms with Gasteiger partial charge in [-0.25, -0.2) is 0 Å². The quantitative estimate of drug-likeness (QED) is 0.835. The fourth-order valence-corrected chi connectivity index (χ4v) is 3.24. The Bertz CT molecular complexity index is 768. The molecule has 1 amide bonds. The lowest BCUT2D eigenvalue weighted by Crippen LogP contribution is -2.26. The van der Waals surface area contributed by atoms with Gasteiger partial charge < -0.3 is 5.32 Å². The van der Waals surface area contributed by atoms with E-state index in [4.69, 9.17) is 0 Å². The van der Waals surface area contributed by atoms with Crippen molar-refractivity contribution < 1.29 is 9.59 Å². The number of rotatable bonds is 5. The van der Waals surface area contributed by atoms with Crippen LogP contribution in [0.15, 0.2) is 48.5 Å². The molecule has 1 fully saturated rings. The minimum atomic E-state index is -0.165. The number of benzene rings is 2. The van der Waals surface area contributed by atoms with Crippen molar-refractivity contribution in [2.75, 3.05) is 11.9 Å². The van der Waals surface area contributed by atoms with Crippen LogP contribution in [0.1, 0.15) is 53.0 Å². The first-order valence-corrected chi connectivity index (χ1v) is 8.78. The largest absolute Gasteiger partial charge is 0.322 e. The number of ketones is 1. The van der Waals surface area contributed by atoms with Crippen LogP contribution in [0.4, 0.5) is 5.69 Å². The number of hydrogen-bond acceptors (Lipinski definition) is 3. The van der Waals surface area contributed by atoms with Crippen molar-refractivity contribution in [3.05, 3.63) is 65.2 Å². The molecule has 0 radical (unpaired) electrons. The summed E-state index contributed by atoms with van der Waals surface area (Å²) in [5.74, 6) is -0.182. The van der Waals surface area contributed by atoms with E-state index in [-0.39, 0.29) is 11.7 Å². The molecule has 25 heavy (non-hydrogen) atoms. The molecule has 4 nitrogen and oxygen atoms in total. The van der Waals surface area contributed by atoms with Gasteiger partial charge in [-0.15, -0.1) is 0 Å². The molecule has 1 aliphatic heterocycles. The van der Waals surface area contributed by atoms with Gasteiger partial charge in [-0.1, -0.05) is 24.3 Å². The van der Waals surface area contributed by atoms with E-state index < -0.39 is 0 Å². The topological polar surface area (TPSA) is 49.4 Å². The molecule has 2 aromatic rings. The summed E-state index contributed by atoms with van der Waals surface area (Å²) in [6, 6.07) is 15.4. The molecule has 1 aliphatic rings. The molecule has 1 unspecified atom stereocenters. The normalized spacial score (nSPS) is 17.4. The summed E-state index contributed by atoms with van der Waals surface area (Å²) < 4.78 is 0. The monoisotopic (exact) mass is 336 g/mol. The number of hydrogen-bond donors (Lipinski definition) is 1. The Morgan fingerprint density at radius 2 is 1.88 bits per heavy atom. The van der Waals surface area contributed by atoms with Gasteiger partial charge in [0.2, 0.25) is 0 Å². The number of amides is 1. The highest BCUT2D eigenvalue weighted by Gasteiger charge is 2.20. The summed E-state index contributed by atoms with van der Waals surface area (Å²) in [5, 5.41) is 2.85. The summed E-state index contributed by atoms with van der Waals surface area (Å²) in [7, 11) is 0. The molecule has 130 valence electrons. The first-order chi connectivity index (χ1) is 12.0. The van der Waals surface area contributed by atoms with Crippen molar-refractivity contribution in [3.63, 3.8) is 0 Å². The van der Waals surface area contributed by atoms with Crippen molar-refractivity contribution in [3.8, 4) is 0 Å². The standard InChI is InChI=1S/C21H24N2O2/c1-15-5-4-12-23(15)14-17-8-10-18(11-9-17)21(25)22-20-7-3-6-19(13-20)16(2)24/h3,6-11,13,15H,4-5,12,14H2,1-2H3,(H,22,25). The van der Waals surface area contributed by atoms with E-state index in [2.05, 4.69) is 17.1 Å². The Hall–Kier alpha value is -2.46. The first kappa shape index (κ1) is 17.4. The van der Waals surface area contributed by atoms with Crippen LogP contribution in [0.5, 0.6) is 0 Å². The Morgan fingerprint density at radius 3 is 2.52 bits per heavy atom. The van der Waals surface area contributed by atoms with E-state index in [1.807, 2.05) is 24.3 Å². The summed E-state index contributed by atoms with van der Waals surface area (Å²) in [6.07, 6.45) is 2.53. The highest BCUT2D eigenvalue weighted by molar-refractivity contribution is 6.05. The molecule has 1 heterocycles. The maximum Gasteiger partial charge on any atom is 0.255 e. The zero-order valence-electron chi connectivity index (χ0n) is 14.8. The fraction of sp³-hybridized carbons (Fsp3) is 0.333. The van der Waals surface area contributed by atoms with Crippen molar-refractivity contribution in [1.82, 2.24) is 4.90 Å². The molecule has 0 spiro atoms. The van der Waals surface area contributed by atoms with Crippen molar-refractivity contribution >= 4 is 17.4 Å². The molecule has 4 heteroatoms. The van der Waals surface area contributed by atoms with Crippen LogP contribution < -0.4 is 5.32 Å². The second-order valence-corrected chi connectivity index (χ2v) is 6.75. The molecular formula is C21H24N2O2. The van der Waals surface area contributed by atoms with Gasteiger partial charge in [0.05, 0.1) is 0 Å². The van der Waals surface area contributed by atoms with E-state index in [1.165, 1.54) is 25.3 Å². The predicted octanol–water partition coefficient (Wildman–Crippen LogP) is 4.13. The zero-order valence-corrected chi connectivity index (χ0v) is 14.8. The van der Waals surface area contributed by atoms with Crippen LogP contribution in [0.3, 0.4) is 0 Å². The highest BCUT2D eigenvalue weighted by Crippen LogP contribution is 2.20. The number of likely N-dealkylation sites (tertiary alicyclic amines) is 1. The Morgan fingerprint density at radius 1 is 1.12 bits per heavy atom. The summed E-state index contributed by atoms with van der Waals surface area (Å²) >= 11 is 0. The van der Waals surface area contributed by atoms with E-state index >= 15 is 0 Å². The average Bonchev–Trinajstić information content (AvgIpc) is 3.00. The summed E-state index contributed by atoms with van der Waals surface area (Å²) in [4.78, 5) is 26.3. The zero-order chi connectivity index (χ0) is 17.8. The predicted molar refractivity (Wildman–Crippen MR) is 99.9 cm³/mol. The van der Waals surface area contributed by atoms with Gasteiger partial charge in [-0.3, -0.25) is 14.5 Å². The van der Waals surface area contributed by atoms with Gasteiger partial charge in [0.25, 0.3) is 5.91 Å². The van der Waals surface area contributed by atoms with Crippen molar-refractivity contribution in [1.29, 1.82) is 0 Å². The molecule has 1 N–H and O–H groups in total. The minimum absolute atomic E-state index is 0.0170. The second-order valence-electron chi connectivity index (χ2n) is 6.75. The molecule has 0 aromatic heterocycles. The van der Waals surface area contributed by atoms with E-state index in [0.717, 1.165) is 13.1 Å². The van der Waals surface area contributed by atoms with Gasteiger partial charge in [0.1, 0.15) is 0 Å². The summed E-state index contributed by atoms with van der Waals surface area (Å²) in [6.45, 7) is 5.87. The van der Waals surface area contributed by atoms with E-state index in [0.29, 0.717) is 22.9 Å². The SMILES string of the molecule is CC(=O)c1cccc(NC(=O)c2ccc(CN3CCCC3C)cc2)c1. The average molecular weight is 336 g/mol. The van der Waals surface area contributed by atoms with Gasteiger partial charge in [-0.2, -0.15) is 0 Å². The van der Waals surface area contributed by atoms with E-state index in [9.17, 15) is 9.59 Å². The Balaban J connectivity index is 1.64. The van der Waals surface area contributed by atoms with E-state index in [1.54, 1.807) is 24.3 Å². The first-order valence-electron chi connectivity index (χ1n) is 8.78. The van der Waals surface area contributed by atoms with Crippen LogP contribution in [0.2, 0.25) is 0 Å². The van der Waals surface area contributed by atoms with Crippen molar-refractivity contribution in [2.24, 2.45) is 0 Å². The van der Waals surface area contributed by atoms with Crippen LogP contribution >= 0.6 is 0 Å². The highest BCUT2D eigenvalue weighted by atomic mass is 16.1. The number of nitrogens with zero attached hydrogens (tertiary/aromatic N) is 1. The molecule has 3 rings (SSSR count). The van der Waals surface area contributed by atoms with Gasteiger partial charge in [-0.05, 0) is 63.1 Å². The number of carbonyl (C=O) groups excluding carboxylic acids is 2. The van der Waals surface area contributed by atoms with Gasteiger partial charge in [0, 0.05) is 29.4 Å². The minimum Gasteiger partial charge on any atom is -0.322 e. The number of nitrogens with one attached hydrogen (secondary N) is 1. The maximum absolute atomic E-state index is 12.4. The lowest BCUT2D eigenvalue weighted by molar-refractivity contribution is 0.101. The number of anilines is 1.